The largest absolute Gasteiger partial charge is 0.372 e. The molecule has 2 atom stereocenters. The fourth-order valence-corrected chi connectivity index (χ4v) is 2.63. The molecule has 5 heteroatoms. The summed E-state index contributed by atoms with van der Waals surface area (Å²) in [6, 6.07) is 0. The highest BCUT2D eigenvalue weighted by molar-refractivity contribution is 9.09. The lowest BCUT2D eigenvalue weighted by atomic mass is 10.2. The van der Waals surface area contributed by atoms with Gasteiger partial charge in [-0.3, -0.25) is 9.58 Å². The fraction of sp³-hybridized carbons (Fsp3) is 0.750. The maximum Gasteiger partial charge on any atom is 0.0802 e. The minimum absolute atomic E-state index is 0.306. The molecule has 0 aliphatic carbocycles. The Morgan fingerprint density at radius 1 is 1.53 bits per heavy atom. The Hall–Kier alpha value is -0.390. The van der Waals surface area contributed by atoms with Crippen molar-refractivity contribution in [3.63, 3.8) is 0 Å². The van der Waals surface area contributed by atoms with Gasteiger partial charge in [-0.1, -0.05) is 15.9 Å². The molecule has 2 heterocycles. The fourth-order valence-electron chi connectivity index (χ4n) is 2.27. The van der Waals surface area contributed by atoms with Gasteiger partial charge in [-0.05, 0) is 13.8 Å². The van der Waals surface area contributed by atoms with Crippen LogP contribution < -0.4 is 0 Å². The molecule has 0 amide bonds. The Balaban J connectivity index is 1.93. The number of aryl methyl sites for hydroxylation is 1. The third-order valence-corrected chi connectivity index (χ3v) is 3.71. The molecule has 2 rings (SSSR count). The number of ether oxygens (including phenoxy) is 1. The van der Waals surface area contributed by atoms with Crippen LogP contribution in [0.4, 0.5) is 0 Å². The number of alkyl halides is 1. The summed E-state index contributed by atoms with van der Waals surface area (Å²) < 4.78 is 7.79. The third kappa shape index (κ3) is 3.53. The average molecular weight is 302 g/mol. The van der Waals surface area contributed by atoms with E-state index in [4.69, 9.17) is 4.74 Å². The molecule has 0 bridgehead atoms. The van der Waals surface area contributed by atoms with Gasteiger partial charge in [0.2, 0.25) is 0 Å². The second-order valence-corrected chi connectivity index (χ2v) is 5.27. The van der Waals surface area contributed by atoms with Gasteiger partial charge in [0.05, 0.1) is 18.4 Å². The zero-order valence-corrected chi connectivity index (χ0v) is 12.1. The van der Waals surface area contributed by atoms with Gasteiger partial charge in [0.1, 0.15) is 0 Å². The van der Waals surface area contributed by atoms with E-state index in [0.717, 1.165) is 31.5 Å². The van der Waals surface area contributed by atoms with E-state index < -0.39 is 0 Å². The van der Waals surface area contributed by atoms with Gasteiger partial charge in [-0.25, -0.2) is 0 Å². The summed E-state index contributed by atoms with van der Waals surface area (Å²) in [5.41, 5.74) is 1.29. The zero-order valence-electron chi connectivity index (χ0n) is 10.5. The smallest absolute Gasteiger partial charge is 0.0802 e. The highest BCUT2D eigenvalue weighted by atomic mass is 79.9. The van der Waals surface area contributed by atoms with Gasteiger partial charge in [-0.15, -0.1) is 0 Å². The molecule has 1 aliphatic rings. The Kier molecular flexibility index (Phi) is 4.59. The van der Waals surface area contributed by atoms with E-state index in [-0.39, 0.29) is 0 Å². The van der Waals surface area contributed by atoms with Gasteiger partial charge >= 0.3 is 0 Å². The minimum atomic E-state index is 0.306. The number of aromatic nitrogens is 2. The van der Waals surface area contributed by atoms with Crippen LogP contribution >= 0.6 is 15.9 Å². The maximum absolute atomic E-state index is 5.82. The monoisotopic (exact) mass is 301 g/mol. The lowest BCUT2D eigenvalue weighted by Gasteiger charge is -2.35. The minimum Gasteiger partial charge on any atom is -0.372 e. The van der Waals surface area contributed by atoms with Crippen LogP contribution in [0.3, 0.4) is 0 Å². The molecular weight excluding hydrogens is 282 g/mol. The third-order valence-electron chi connectivity index (χ3n) is 2.99. The molecule has 1 aromatic rings. The first kappa shape index (κ1) is 13.1. The van der Waals surface area contributed by atoms with Crippen molar-refractivity contribution in [3.8, 4) is 0 Å². The van der Waals surface area contributed by atoms with E-state index in [1.807, 2.05) is 10.9 Å². The molecule has 0 N–H and O–H groups in total. The van der Waals surface area contributed by atoms with Gasteiger partial charge in [-0.2, -0.15) is 5.10 Å². The molecule has 0 aromatic carbocycles. The summed E-state index contributed by atoms with van der Waals surface area (Å²) >= 11 is 3.50. The topological polar surface area (TPSA) is 30.3 Å². The van der Waals surface area contributed by atoms with E-state index in [1.54, 1.807) is 0 Å². The highest BCUT2D eigenvalue weighted by Gasteiger charge is 2.24. The highest BCUT2D eigenvalue weighted by Crippen LogP contribution is 2.15. The molecule has 0 radical (unpaired) electrons. The Labute approximate surface area is 111 Å². The molecule has 1 fully saturated rings. The number of hydrogen-bond donors (Lipinski definition) is 0. The molecular formula is C12H20BrN3O. The van der Waals surface area contributed by atoms with E-state index in [0.29, 0.717) is 12.2 Å². The van der Waals surface area contributed by atoms with Gasteiger partial charge in [0.15, 0.2) is 0 Å². The first-order chi connectivity index (χ1) is 8.21. The van der Waals surface area contributed by atoms with Gasteiger partial charge in [0.25, 0.3) is 0 Å². The number of rotatable bonds is 4. The van der Waals surface area contributed by atoms with E-state index in [9.17, 15) is 0 Å². The zero-order chi connectivity index (χ0) is 12.3. The maximum atomic E-state index is 5.82. The van der Waals surface area contributed by atoms with Gasteiger partial charge < -0.3 is 4.74 Å². The molecule has 0 saturated carbocycles. The summed E-state index contributed by atoms with van der Waals surface area (Å²) in [5.74, 6) is 0. The standard InChI is InChI=1S/C12H20BrN3O/c1-3-16-8-11(5-14-16)7-15-6-10(2)17-12(4-13)9-15/h5,8,10,12H,3-4,6-7,9H2,1-2H3. The molecule has 2 unspecified atom stereocenters. The molecule has 1 saturated heterocycles. The normalized spacial score (nSPS) is 26.3. The summed E-state index contributed by atoms with van der Waals surface area (Å²) in [4.78, 5) is 2.44. The van der Waals surface area contributed by atoms with Crippen molar-refractivity contribution in [2.75, 3.05) is 18.4 Å². The first-order valence-electron chi connectivity index (χ1n) is 6.16. The molecule has 1 aliphatic heterocycles. The predicted octanol–water partition coefficient (Wildman–Crippen LogP) is 1.89. The molecule has 0 spiro atoms. The van der Waals surface area contributed by atoms with E-state index in [2.05, 4.69) is 46.0 Å². The van der Waals surface area contributed by atoms with Crippen LogP contribution in [-0.2, 0) is 17.8 Å². The number of halogens is 1. The molecule has 17 heavy (non-hydrogen) atoms. The first-order valence-corrected chi connectivity index (χ1v) is 7.28. The lowest BCUT2D eigenvalue weighted by molar-refractivity contribution is -0.0678. The van der Waals surface area contributed by atoms with Gasteiger partial charge in [0, 0.05) is 43.3 Å². The molecule has 4 nitrogen and oxygen atoms in total. The van der Waals surface area contributed by atoms with Crippen molar-refractivity contribution < 1.29 is 4.74 Å². The van der Waals surface area contributed by atoms with E-state index in [1.165, 1.54) is 5.56 Å². The Morgan fingerprint density at radius 3 is 3.00 bits per heavy atom. The summed E-state index contributed by atoms with van der Waals surface area (Å²) in [6.07, 6.45) is 4.71. The predicted molar refractivity (Wildman–Crippen MR) is 71.3 cm³/mol. The van der Waals surface area contributed by atoms with E-state index >= 15 is 0 Å². The number of morpholine rings is 1. The quantitative estimate of drug-likeness (QED) is 0.796. The van der Waals surface area contributed by atoms with Crippen molar-refractivity contribution in [3.05, 3.63) is 18.0 Å². The summed E-state index contributed by atoms with van der Waals surface area (Å²) in [6.45, 7) is 8.14. The van der Waals surface area contributed by atoms with Crippen LogP contribution in [0.5, 0.6) is 0 Å². The van der Waals surface area contributed by atoms with Crippen molar-refractivity contribution in [2.24, 2.45) is 0 Å². The van der Waals surface area contributed by atoms with Crippen LogP contribution in [0, 0.1) is 0 Å². The molecule has 1 aromatic heterocycles. The van der Waals surface area contributed by atoms with Crippen molar-refractivity contribution in [1.82, 2.24) is 14.7 Å². The second-order valence-electron chi connectivity index (χ2n) is 4.62. The van der Waals surface area contributed by atoms with Crippen LogP contribution in [0.1, 0.15) is 19.4 Å². The Bertz CT molecular complexity index is 355. The lowest BCUT2D eigenvalue weighted by Crippen LogP contribution is -2.46. The van der Waals surface area contributed by atoms with Crippen LogP contribution in [0.15, 0.2) is 12.4 Å². The molecule has 96 valence electrons. The second kappa shape index (κ2) is 5.98. The summed E-state index contributed by atoms with van der Waals surface area (Å²) in [7, 11) is 0. The van der Waals surface area contributed by atoms with Crippen molar-refractivity contribution in [2.45, 2.75) is 39.1 Å². The Morgan fingerprint density at radius 2 is 2.35 bits per heavy atom. The average Bonchev–Trinajstić information content (AvgIpc) is 2.76. The SMILES string of the molecule is CCn1cc(CN2CC(C)OC(CBr)C2)cn1. The van der Waals surface area contributed by atoms with Crippen molar-refractivity contribution >= 4 is 15.9 Å². The van der Waals surface area contributed by atoms with Crippen LogP contribution in [0.25, 0.3) is 0 Å². The van der Waals surface area contributed by atoms with Crippen LogP contribution in [-0.4, -0.2) is 45.3 Å². The van der Waals surface area contributed by atoms with Crippen LogP contribution in [0.2, 0.25) is 0 Å². The summed E-state index contributed by atoms with van der Waals surface area (Å²) in [5, 5.41) is 5.21. The number of hydrogen-bond acceptors (Lipinski definition) is 3. The number of nitrogens with zero attached hydrogens (tertiary/aromatic N) is 3. The van der Waals surface area contributed by atoms with Crippen molar-refractivity contribution in [1.29, 1.82) is 0 Å².